The van der Waals surface area contributed by atoms with Crippen LogP contribution in [0.4, 0.5) is 0 Å². The molecule has 2 aromatic rings. The summed E-state index contributed by atoms with van der Waals surface area (Å²) in [5.74, 6) is 0. The van der Waals surface area contributed by atoms with E-state index in [0.717, 1.165) is 18.2 Å². The first-order valence-corrected chi connectivity index (χ1v) is 7.94. The van der Waals surface area contributed by atoms with Gasteiger partial charge in [0.25, 0.3) is 0 Å². The van der Waals surface area contributed by atoms with Gasteiger partial charge in [0.05, 0.1) is 0 Å². The summed E-state index contributed by atoms with van der Waals surface area (Å²) in [4.78, 5) is 1.42. The van der Waals surface area contributed by atoms with Crippen molar-refractivity contribution in [1.29, 1.82) is 0 Å². The molecule has 0 N–H and O–H groups in total. The van der Waals surface area contributed by atoms with Crippen LogP contribution < -0.4 is 0 Å². The third kappa shape index (κ3) is 3.19. The SMILES string of the molecule is BrCCc1cc(Cc2cccs2)ccc1Br. The van der Waals surface area contributed by atoms with Crippen LogP contribution in [0.5, 0.6) is 0 Å². The highest BCUT2D eigenvalue weighted by molar-refractivity contribution is 9.10. The first kappa shape index (κ1) is 12.3. The van der Waals surface area contributed by atoms with E-state index in [0.29, 0.717) is 0 Å². The zero-order chi connectivity index (χ0) is 11.4. The summed E-state index contributed by atoms with van der Waals surface area (Å²) in [5, 5.41) is 3.14. The lowest BCUT2D eigenvalue weighted by Crippen LogP contribution is -1.92. The molecule has 2 rings (SSSR count). The molecule has 1 heterocycles. The fourth-order valence-corrected chi connectivity index (χ4v) is 3.26. The van der Waals surface area contributed by atoms with Crippen molar-refractivity contribution in [3.05, 3.63) is 56.2 Å². The molecule has 3 heteroatoms. The van der Waals surface area contributed by atoms with E-state index < -0.39 is 0 Å². The molecule has 0 aliphatic heterocycles. The van der Waals surface area contributed by atoms with Crippen molar-refractivity contribution in [3.63, 3.8) is 0 Å². The van der Waals surface area contributed by atoms with Crippen molar-refractivity contribution < 1.29 is 0 Å². The van der Waals surface area contributed by atoms with Crippen LogP contribution in [-0.2, 0) is 12.8 Å². The number of hydrogen-bond acceptors (Lipinski definition) is 1. The topological polar surface area (TPSA) is 0 Å². The van der Waals surface area contributed by atoms with Crippen LogP contribution in [0.3, 0.4) is 0 Å². The van der Waals surface area contributed by atoms with Crippen LogP contribution in [0.15, 0.2) is 40.2 Å². The molecule has 0 saturated heterocycles. The van der Waals surface area contributed by atoms with Gasteiger partial charge in [-0.05, 0) is 35.1 Å². The summed E-state index contributed by atoms with van der Waals surface area (Å²) in [5.41, 5.74) is 2.77. The van der Waals surface area contributed by atoms with E-state index in [2.05, 4.69) is 67.6 Å². The maximum absolute atomic E-state index is 3.59. The van der Waals surface area contributed by atoms with Crippen molar-refractivity contribution in [1.82, 2.24) is 0 Å². The molecule has 0 unspecified atom stereocenters. The average molecular weight is 360 g/mol. The second kappa shape index (κ2) is 5.99. The lowest BCUT2D eigenvalue weighted by Gasteiger charge is -2.06. The van der Waals surface area contributed by atoms with E-state index in [1.54, 1.807) is 0 Å². The molecule has 0 aliphatic carbocycles. The van der Waals surface area contributed by atoms with Crippen LogP contribution >= 0.6 is 43.2 Å². The van der Waals surface area contributed by atoms with Gasteiger partial charge in [-0.25, -0.2) is 0 Å². The van der Waals surface area contributed by atoms with Gasteiger partial charge in [-0.3, -0.25) is 0 Å². The van der Waals surface area contributed by atoms with E-state index in [9.17, 15) is 0 Å². The molecule has 0 saturated carbocycles. The van der Waals surface area contributed by atoms with E-state index in [4.69, 9.17) is 0 Å². The van der Waals surface area contributed by atoms with Gasteiger partial charge in [0.2, 0.25) is 0 Å². The van der Waals surface area contributed by atoms with Gasteiger partial charge in [0.15, 0.2) is 0 Å². The molecular formula is C13H12Br2S. The van der Waals surface area contributed by atoms with Crippen molar-refractivity contribution >= 4 is 43.2 Å². The Morgan fingerprint density at radius 2 is 2.06 bits per heavy atom. The van der Waals surface area contributed by atoms with Crippen LogP contribution in [0.25, 0.3) is 0 Å². The predicted octanol–water partition coefficient (Wildman–Crippen LogP) is 5.04. The summed E-state index contributed by atoms with van der Waals surface area (Å²) < 4.78 is 1.21. The summed E-state index contributed by atoms with van der Waals surface area (Å²) in [6.07, 6.45) is 2.11. The second-order valence-corrected chi connectivity index (χ2v) is 6.30. The van der Waals surface area contributed by atoms with Gasteiger partial charge in [-0.1, -0.05) is 50.1 Å². The molecule has 0 radical (unpaired) electrons. The standard InChI is InChI=1S/C13H12Br2S/c14-6-5-11-8-10(3-4-13(11)15)9-12-2-1-7-16-12/h1-4,7-8H,5-6,9H2. The Morgan fingerprint density at radius 3 is 2.75 bits per heavy atom. The fraction of sp³-hybridized carbons (Fsp3) is 0.231. The summed E-state index contributed by atoms with van der Waals surface area (Å²) in [7, 11) is 0. The number of alkyl halides is 1. The molecule has 84 valence electrons. The molecule has 0 atom stereocenters. The number of thiophene rings is 1. The summed E-state index contributed by atoms with van der Waals surface area (Å²) in [6.45, 7) is 0. The predicted molar refractivity (Wildman–Crippen MR) is 78.8 cm³/mol. The van der Waals surface area contributed by atoms with Crippen molar-refractivity contribution in [2.45, 2.75) is 12.8 Å². The van der Waals surface area contributed by atoms with Gasteiger partial charge in [0.1, 0.15) is 0 Å². The minimum Gasteiger partial charge on any atom is -0.149 e. The van der Waals surface area contributed by atoms with E-state index in [1.807, 2.05) is 11.3 Å². The Balaban J connectivity index is 2.19. The maximum atomic E-state index is 3.59. The first-order valence-electron chi connectivity index (χ1n) is 5.15. The monoisotopic (exact) mass is 358 g/mol. The van der Waals surface area contributed by atoms with Gasteiger partial charge in [-0.15, -0.1) is 11.3 Å². The molecule has 0 spiro atoms. The molecule has 0 amide bonds. The summed E-state index contributed by atoms with van der Waals surface area (Å²) in [6, 6.07) is 10.9. The quantitative estimate of drug-likeness (QED) is 0.671. The number of benzene rings is 1. The molecule has 1 aromatic carbocycles. The summed E-state index contributed by atoms with van der Waals surface area (Å²) >= 11 is 8.90. The highest BCUT2D eigenvalue weighted by Crippen LogP contribution is 2.22. The van der Waals surface area contributed by atoms with Gasteiger partial charge < -0.3 is 0 Å². The van der Waals surface area contributed by atoms with Crippen molar-refractivity contribution in [2.24, 2.45) is 0 Å². The first-order chi connectivity index (χ1) is 7.79. The Hall–Kier alpha value is -0.120. The maximum Gasteiger partial charge on any atom is 0.0207 e. The Bertz CT molecular complexity index is 449. The molecule has 1 aromatic heterocycles. The Labute approximate surface area is 117 Å². The smallest absolute Gasteiger partial charge is 0.0207 e. The largest absolute Gasteiger partial charge is 0.149 e. The Morgan fingerprint density at radius 1 is 1.19 bits per heavy atom. The van der Waals surface area contributed by atoms with Gasteiger partial charge in [0, 0.05) is 21.1 Å². The number of halogens is 2. The third-order valence-corrected chi connectivity index (χ3v) is 4.48. The Kier molecular flexibility index (Phi) is 4.62. The van der Waals surface area contributed by atoms with E-state index in [1.165, 1.54) is 20.5 Å². The second-order valence-electron chi connectivity index (χ2n) is 3.62. The number of aryl methyl sites for hydroxylation is 1. The normalized spacial score (nSPS) is 10.6. The number of hydrogen-bond donors (Lipinski definition) is 0. The molecule has 0 bridgehead atoms. The lowest BCUT2D eigenvalue weighted by atomic mass is 10.1. The zero-order valence-electron chi connectivity index (χ0n) is 8.75. The number of rotatable bonds is 4. The minimum absolute atomic E-state index is 1.01. The molecule has 0 aliphatic rings. The van der Waals surface area contributed by atoms with Crippen LogP contribution in [0.1, 0.15) is 16.0 Å². The highest BCUT2D eigenvalue weighted by Gasteiger charge is 2.02. The van der Waals surface area contributed by atoms with E-state index in [-0.39, 0.29) is 0 Å². The average Bonchev–Trinajstić information content (AvgIpc) is 2.76. The van der Waals surface area contributed by atoms with Crippen molar-refractivity contribution in [2.75, 3.05) is 5.33 Å². The van der Waals surface area contributed by atoms with Crippen LogP contribution in [0.2, 0.25) is 0 Å². The minimum atomic E-state index is 1.01. The molecule has 0 nitrogen and oxygen atoms in total. The lowest BCUT2D eigenvalue weighted by molar-refractivity contribution is 1.12. The fourth-order valence-electron chi connectivity index (χ4n) is 1.65. The third-order valence-electron chi connectivity index (χ3n) is 2.43. The highest BCUT2D eigenvalue weighted by atomic mass is 79.9. The van der Waals surface area contributed by atoms with Crippen molar-refractivity contribution in [3.8, 4) is 0 Å². The molecular weight excluding hydrogens is 348 g/mol. The molecule has 0 fully saturated rings. The van der Waals surface area contributed by atoms with Crippen LogP contribution in [-0.4, -0.2) is 5.33 Å². The van der Waals surface area contributed by atoms with Gasteiger partial charge in [-0.2, -0.15) is 0 Å². The van der Waals surface area contributed by atoms with Crippen LogP contribution in [0, 0.1) is 0 Å². The van der Waals surface area contributed by atoms with Gasteiger partial charge >= 0.3 is 0 Å². The zero-order valence-corrected chi connectivity index (χ0v) is 12.7. The molecule has 16 heavy (non-hydrogen) atoms. The van der Waals surface area contributed by atoms with E-state index >= 15 is 0 Å².